The lowest BCUT2D eigenvalue weighted by Gasteiger charge is -2.20. The zero-order chi connectivity index (χ0) is 12.9. The highest BCUT2D eigenvalue weighted by atomic mass is 16.4. The first-order chi connectivity index (χ1) is 8.50. The highest BCUT2D eigenvalue weighted by molar-refractivity contribution is 6.62. The Morgan fingerprint density at radius 2 is 1.72 bits per heavy atom. The summed E-state index contributed by atoms with van der Waals surface area (Å²) in [5.41, 5.74) is 2.88. The maximum Gasteiger partial charge on any atom is 0.489 e. The Bertz CT molecular complexity index is 657. The number of hydrogen-bond acceptors (Lipinski definition) is 2. The fourth-order valence-electron chi connectivity index (χ4n) is 2.73. The van der Waals surface area contributed by atoms with E-state index in [1.54, 1.807) is 0 Å². The molecule has 0 heterocycles. The first-order valence-electron chi connectivity index (χ1n) is 6.12. The molecule has 0 unspecified atom stereocenters. The van der Waals surface area contributed by atoms with Crippen molar-refractivity contribution in [2.45, 2.75) is 19.3 Å². The van der Waals surface area contributed by atoms with Crippen LogP contribution in [0.25, 0.3) is 16.8 Å². The average Bonchev–Trinajstić information content (AvgIpc) is 2.64. The summed E-state index contributed by atoms with van der Waals surface area (Å²) in [6.45, 7) is 4.27. The number of hydrogen-bond donors (Lipinski definition) is 2. The predicted molar refractivity (Wildman–Crippen MR) is 75.8 cm³/mol. The van der Waals surface area contributed by atoms with Gasteiger partial charge < -0.3 is 10.0 Å². The second-order valence-electron chi connectivity index (χ2n) is 5.40. The van der Waals surface area contributed by atoms with Crippen molar-refractivity contribution in [2.24, 2.45) is 0 Å². The van der Waals surface area contributed by atoms with E-state index in [-0.39, 0.29) is 5.41 Å². The molecule has 18 heavy (non-hydrogen) atoms. The van der Waals surface area contributed by atoms with Crippen LogP contribution in [-0.4, -0.2) is 17.2 Å². The molecule has 0 bridgehead atoms. The summed E-state index contributed by atoms with van der Waals surface area (Å²) in [5.74, 6) is 0. The van der Waals surface area contributed by atoms with Gasteiger partial charge in [0.05, 0.1) is 0 Å². The van der Waals surface area contributed by atoms with E-state index in [9.17, 15) is 10.0 Å². The summed E-state index contributed by atoms with van der Waals surface area (Å²) >= 11 is 0. The van der Waals surface area contributed by atoms with Crippen molar-refractivity contribution in [3.05, 3.63) is 47.5 Å². The van der Waals surface area contributed by atoms with Gasteiger partial charge in [-0.1, -0.05) is 56.3 Å². The Morgan fingerprint density at radius 3 is 2.39 bits per heavy atom. The second-order valence-corrected chi connectivity index (χ2v) is 5.40. The molecule has 2 aromatic rings. The van der Waals surface area contributed by atoms with Crippen molar-refractivity contribution in [1.82, 2.24) is 0 Å². The van der Waals surface area contributed by atoms with Crippen LogP contribution >= 0.6 is 0 Å². The second kappa shape index (κ2) is 3.71. The molecule has 0 saturated carbocycles. The highest BCUT2D eigenvalue weighted by Gasteiger charge is 2.29. The molecule has 2 N–H and O–H groups in total. The van der Waals surface area contributed by atoms with Crippen molar-refractivity contribution in [3.8, 4) is 0 Å². The monoisotopic (exact) mass is 238 g/mol. The third-order valence-corrected chi connectivity index (χ3v) is 3.76. The normalized spacial score (nSPS) is 16.0. The van der Waals surface area contributed by atoms with Gasteiger partial charge in [-0.15, -0.1) is 0 Å². The van der Waals surface area contributed by atoms with Crippen molar-refractivity contribution in [2.75, 3.05) is 0 Å². The van der Waals surface area contributed by atoms with Crippen molar-refractivity contribution >= 4 is 29.4 Å². The van der Waals surface area contributed by atoms with Gasteiger partial charge in [-0.05, 0) is 27.4 Å². The molecular formula is C15H15BO2. The van der Waals surface area contributed by atoms with E-state index in [2.05, 4.69) is 26.0 Å². The Hall–Kier alpha value is -1.58. The molecule has 0 aromatic heterocycles. The van der Waals surface area contributed by atoms with Crippen LogP contribution in [0.3, 0.4) is 0 Å². The average molecular weight is 238 g/mol. The Balaban J connectivity index is 2.44. The number of benzene rings is 2. The minimum absolute atomic E-state index is 0.0526. The van der Waals surface area contributed by atoms with Gasteiger partial charge >= 0.3 is 7.12 Å². The summed E-state index contributed by atoms with van der Waals surface area (Å²) in [6.07, 6.45) is 4.29. The Labute approximate surface area is 107 Å². The van der Waals surface area contributed by atoms with E-state index in [1.807, 2.05) is 30.3 Å². The first kappa shape index (κ1) is 11.5. The van der Waals surface area contributed by atoms with E-state index in [0.717, 1.165) is 16.3 Å². The molecule has 90 valence electrons. The maximum absolute atomic E-state index is 9.56. The zero-order valence-corrected chi connectivity index (χ0v) is 10.5. The van der Waals surface area contributed by atoms with E-state index in [1.165, 1.54) is 5.56 Å². The molecule has 0 atom stereocenters. The lowest BCUT2D eigenvalue weighted by Crippen LogP contribution is -2.32. The third-order valence-electron chi connectivity index (χ3n) is 3.76. The SMILES string of the molecule is CC1(C)C=Cc2c1cc(B(O)O)c1ccccc21. The topological polar surface area (TPSA) is 40.5 Å². The van der Waals surface area contributed by atoms with Gasteiger partial charge in [-0.3, -0.25) is 0 Å². The predicted octanol–water partition coefficient (Wildman–Crippen LogP) is 1.82. The van der Waals surface area contributed by atoms with Gasteiger partial charge in [0.25, 0.3) is 0 Å². The van der Waals surface area contributed by atoms with Crippen LogP contribution in [0.5, 0.6) is 0 Å². The minimum atomic E-state index is -1.43. The summed E-state index contributed by atoms with van der Waals surface area (Å²) in [5, 5.41) is 21.1. The van der Waals surface area contributed by atoms with Gasteiger partial charge in [0.2, 0.25) is 0 Å². The number of rotatable bonds is 1. The molecule has 0 aliphatic heterocycles. The number of fused-ring (bicyclic) bond motifs is 3. The fraction of sp³-hybridized carbons (Fsp3) is 0.200. The summed E-state index contributed by atoms with van der Waals surface area (Å²) in [4.78, 5) is 0. The van der Waals surface area contributed by atoms with Crippen LogP contribution in [-0.2, 0) is 5.41 Å². The summed E-state index contributed by atoms with van der Waals surface area (Å²) in [7, 11) is -1.43. The molecule has 0 radical (unpaired) electrons. The molecule has 0 spiro atoms. The molecule has 2 aromatic carbocycles. The van der Waals surface area contributed by atoms with Gasteiger partial charge in [-0.2, -0.15) is 0 Å². The van der Waals surface area contributed by atoms with Crippen molar-refractivity contribution in [1.29, 1.82) is 0 Å². The molecule has 0 saturated heterocycles. The molecule has 3 rings (SSSR count). The van der Waals surface area contributed by atoms with Gasteiger partial charge in [0.15, 0.2) is 0 Å². The van der Waals surface area contributed by atoms with Crippen LogP contribution in [0.4, 0.5) is 0 Å². The van der Waals surface area contributed by atoms with Gasteiger partial charge in [-0.25, -0.2) is 0 Å². The van der Waals surface area contributed by atoms with Crippen LogP contribution < -0.4 is 5.46 Å². The van der Waals surface area contributed by atoms with E-state index in [0.29, 0.717) is 5.46 Å². The fourth-order valence-corrected chi connectivity index (χ4v) is 2.73. The molecule has 1 aliphatic carbocycles. The van der Waals surface area contributed by atoms with Crippen LogP contribution in [0, 0.1) is 0 Å². The van der Waals surface area contributed by atoms with E-state index < -0.39 is 7.12 Å². The Morgan fingerprint density at radius 1 is 1.06 bits per heavy atom. The van der Waals surface area contributed by atoms with E-state index >= 15 is 0 Å². The molecular weight excluding hydrogens is 223 g/mol. The zero-order valence-electron chi connectivity index (χ0n) is 10.5. The molecule has 2 nitrogen and oxygen atoms in total. The standard InChI is InChI=1S/C15H15BO2/c1-15(2)8-7-11-10-5-3-4-6-12(10)14(16(17)18)9-13(11)15/h3-9,17-18H,1-2H3. The minimum Gasteiger partial charge on any atom is -0.423 e. The van der Waals surface area contributed by atoms with Crippen LogP contribution in [0.15, 0.2) is 36.4 Å². The van der Waals surface area contributed by atoms with E-state index in [4.69, 9.17) is 0 Å². The maximum atomic E-state index is 9.56. The summed E-state index contributed by atoms with van der Waals surface area (Å²) in [6, 6.07) is 9.79. The molecule has 0 fully saturated rings. The molecule has 0 amide bonds. The molecule has 1 aliphatic rings. The lowest BCUT2D eigenvalue weighted by molar-refractivity contribution is 0.426. The number of allylic oxidation sites excluding steroid dienone is 1. The van der Waals surface area contributed by atoms with Crippen molar-refractivity contribution in [3.63, 3.8) is 0 Å². The first-order valence-corrected chi connectivity index (χ1v) is 6.12. The molecule has 3 heteroatoms. The Kier molecular flexibility index (Phi) is 2.37. The van der Waals surface area contributed by atoms with Gasteiger partial charge in [0, 0.05) is 5.41 Å². The largest absolute Gasteiger partial charge is 0.489 e. The quantitative estimate of drug-likeness (QED) is 0.744. The van der Waals surface area contributed by atoms with Crippen LogP contribution in [0.2, 0.25) is 0 Å². The smallest absolute Gasteiger partial charge is 0.423 e. The van der Waals surface area contributed by atoms with Gasteiger partial charge in [0.1, 0.15) is 0 Å². The lowest BCUT2D eigenvalue weighted by atomic mass is 9.73. The van der Waals surface area contributed by atoms with Crippen molar-refractivity contribution < 1.29 is 10.0 Å². The highest BCUT2D eigenvalue weighted by Crippen LogP contribution is 2.38. The third kappa shape index (κ3) is 1.52. The van der Waals surface area contributed by atoms with Crippen LogP contribution in [0.1, 0.15) is 25.0 Å². The summed E-state index contributed by atoms with van der Waals surface area (Å²) < 4.78 is 0.